The number of fused-ring (bicyclic) bond motifs is 1. The fraction of sp³-hybridized carbons (Fsp3) is 0.231. The highest BCUT2D eigenvalue weighted by molar-refractivity contribution is 6.33. The molecule has 0 aliphatic heterocycles. The molecular formula is C26H24ClFN6O. The van der Waals surface area contributed by atoms with Crippen molar-refractivity contribution in [2.75, 3.05) is 25.0 Å². The standard InChI is InChI=1S/C26H24ClFN6O/c1-2-30-12-5-13-31-25-22(27)14-21(24(28)32-25)23-19-6-3-4-7-20(19)26(35)34(33-23)16-18-10-8-17(15-29)9-11-18/h3-4,6-11,14,30H,2,5,12-13,16H2,1H3,(H,31,32). The molecule has 0 aliphatic carbocycles. The Morgan fingerprint density at radius 1 is 1.11 bits per heavy atom. The van der Waals surface area contributed by atoms with Crippen molar-refractivity contribution in [2.45, 2.75) is 19.9 Å². The quantitative estimate of drug-likeness (QED) is 0.263. The van der Waals surface area contributed by atoms with E-state index in [4.69, 9.17) is 16.9 Å². The maximum Gasteiger partial charge on any atom is 0.274 e. The molecule has 7 nitrogen and oxygen atoms in total. The van der Waals surface area contributed by atoms with Crippen molar-refractivity contribution in [3.8, 4) is 17.3 Å². The van der Waals surface area contributed by atoms with Gasteiger partial charge in [-0.15, -0.1) is 0 Å². The largest absolute Gasteiger partial charge is 0.369 e. The number of hydrogen-bond donors (Lipinski definition) is 2. The van der Waals surface area contributed by atoms with E-state index in [0.29, 0.717) is 22.9 Å². The second kappa shape index (κ2) is 11.1. The Morgan fingerprint density at radius 3 is 2.57 bits per heavy atom. The normalized spacial score (nSPS) is 10.9. The zero-order chi connectivity index (χ0) is 24.8. The van der Waals surface area contributed by atoms with Crippen molar-refractivity contribution in [2.24, 2.45) is 0 Å². The van der Waals surface area contributed by atoms with Gasteiger partial charge in [-0.1, -0.05) is 48.9 Å². The van der Waals surface area contributed by atoms with E-state index < -0.39 is 5.95 Å². The summed E-state index contributed by atoms with van der Waals surface area (Å²) in [6, 6.07) is 17.4. The molecule has 0 amide bonds. The van der Waals surface area contributed by atoms with Gasteiger partial charge >= 0.3 is 0 Å². The van der Waals surface area contributed by atoms with Crippen LogP contribution in [-0.2, 0) is 6.54 Å². The van der Waals surface area contributed by atoms with Gasteiger partial charge in [0.2, 0.25) is 5.95 Å². The minimum Gasteiger partial charge on any atom is -0.369 e. The lowest BCUT2D eigenvalue weighted by atomic mass is 10.1. The van der Waals surface area contributed by atoms with Crippen LogP contribution in [-0.4, -0.2) is 34.4 Å². The van der Waals surface area contributed by atoms with Crippen LogP contribution in [0.2, 0.25) is 5.02 Å². The molecule has 0 spiro atoms. The lowest BCUT2D eigenvalue weighted by Crippen LogP contribution is -2.24. The first-order valence-corrected chi connectivity index (χ1v) is 11.7. The monoisotopic (exact) mass is 490 g/mol. The minimum atomic E-state index is -0.732. The fourth-order valence-electron chi connectivity index (χ4n) is 3.75. The van der Waals surface area contributed by atoms with Crippen LogP contribution < -0.4 is 16.2 Å². The van der Waals surface area contributed by atoms with Gasteiger partial charge in [0.25, 0.3) is 5.56 Å². The first kappa shape index (κ1) is 24.3. The Balaban J connectivity index is 1.73. The van der Waals surface area contributed by atoms with E-state index in [0.717, 1.165) is 25.1 Å². The summed E-state index contributed by atoms with van der Waals surface area (Å²) in [5, 5.41) is 21.0. The van der Waals surface area contributed by atoms with Crippen LogP contribution >= 0.6 is 11.6 Å². The van der Waals surface area contributed by atoms with Gasteiger partial charge in [-0.25, -0.2) is 9.67 Å². The average molecular weight is 491 g/mol. The molecule has 2 aromatic heterocycles. The first-order valence-electron chi connectivity index (χ1n) is 11.3. The third-order valence-corrected chi connectivity index (χ3v) is 5.83. The van der Waals surface area contributed by atoms with Crippen LogP contribution in [0, 0.1) is 17.3 Å². The molecule has 2 aromatic carbocycles. The molecule has 2 N–H and O–H groups in total. The van der Waals surface area contributed by atoms with Crippen molar-refractivity contribution < 1.29 is 4.39 Å². The maximum absolute atomic E-state index is 15.2. The molecule has 0 atom stereocenters. The molecule has 0 unspecified atom stereocenters. The van der Waals surface area contributed by atoms with E-state index in [1.54, 1.807) is 48.5 Å². The van der Waals surface area contributed by atoms with Gasteiger partial charge in [0.15, 0.2) is 0 Å². The number of hydrogen-bond acceptors (Lipinski definition) is 6. The van der Waals surface area contributed by atoms with E-state index in [1.807, 2.05) is 6.92 Å². The molecular weight excluding hydrogens is 467 g/mol. The molecule has 35 heavy (non-hydrogen) atoms. The summed E-state index contributed by atoms with van der Waals surface area (Å²) in [4.78, 5) is 17.2. The maximum atomic E-state index is 15.2. The second-order valence-corrected chi connectivity index (χ2v) is 8.36. The summed E-state index contributed by atoms with van der Waals surface area (Å²) in [5.74, 6) is -0.468. The van der Waals surface area contributed by atoms with E-state index in [2.05, 4.69) is 26.8 Å². The Bertz CT molecular complexity index is 1450. The van der Waals surface area contributed by atoms with E-state index >= 15 is 4.39 Å². The zero-order valence-corrected chi connectivity index (χ0v) is 19.9. The average Bonchev–Trinajstić information content (AvgIpc) is 2.88. The fourth-order valence-corrected chi connectivity index (χ4v) is 3.97. The van der Waals surface area contributed by atoms with E-state index in [1.165, 1.54) is 10.7 Å². The van der Waals surface area contributed by atoms with Crippen LogP contribution in [0.15, 0.2) is 59.4 Å². The smallest absolute Gasteiger partial charge is 0.274 e. The molecule has 9 heteroatoms. The molecule has 0 saturated heterocycles. The third kappa shape index (κ3) is 5.48. The Kier molecular flexibility index (Phi) is 7.70. The first-order chi connectivity index (χ1) is 17.0. The van der Waals surface area contributed by atoms with Gasteiger partial charge in [0, 0.05) is 11.9 Å². The van der Waals surface area contributed by atoms with Gasteiger partial charge in [-0.05, 0) is 49.3 Å². The number of rotatable bonds is 9. The van der Waals surface area contributed by atoms with Gasteiger partial charge < -0.3 is 10.6 Å². The molecule has 178 valence electrons. The van der Waals surface area contributed by atoms with Crippen molar-refractivity contribution in [3.05, 3.63) is 87.0 Å². The number of halogens is 2. The van der Waals surface area contributed by atoms with Crippen LogP contribution in [0.5, 0.6) is 0 Å². The second-order valence-electron chi connectivity index (χ2n) is 7.96. The summed E-state index contributed by atoms with van der Waals surface area (Å²) >= 11 is 6.44. The molecule has 0 aliphatic rings. The number of benzene rings is 2. The molecule has 0 fully saturated rings. The highest BCUT2D eigenvalue weighted by atomic mass is 35.5. The lowest BCUT2D eigenvalue weighted by Gasteiger charge is -2.14. The van der Waals surface area contributed by atoms with Gasteiger partial charge in [-0.2, -0.15) is 14.8 Å². The van der Waals surface area contributed by atoms with Crippen molar-refractivity contribution in [1.29, 1.82) is 5.26 Å². The summed E-state index contributed by atoms with van der Waals surface area (Å²) in [6.45, 7) is 4.51. The molecule has 0 bridgehead atoms. The van der Waals surface area contributed by atoms with Crippen LogP contribution in [0.4, 0.5) is 10.2 Å². The third-order valence-electron chi connectivity index (χ3n) is 5.54. The van der Waals surface area contributed by atoms with Crippen molar-refractivity contribution in [3.63, 3.8) is 0 Å². The Labute approximate surface area is 207 Å². The number of anilines is 1. The topological polar surface area (TPSA) is 95.6 Å². The number of aromatic nitrogens is 3. The van der Waals surface area contributed by atoms with E-state index in [-0.39, 0.29) is 34.2 Å². The number of nitrogens with zero attached hydrogens (tertiary/aromatic N) is 4. The molecule has 2 heterocycles. The predicted molar refractivity (Wildman–Crippen MR) is 136 cm³/mol. The molecule has 4 rings (SSSR count). The van der Waals surface area contributed by atoms with Crippen LogP contribution in [0.25, 0.3) is 22.0 Å². The lowest BCUT2D eigenvalue weighted by molar-refractivity contribution is 0.585. The van der Waals surface area contributed by atoms with Crippen LogP contribution in [0.3, 0.4) is 0 Å². The number of nitrogens with one attached hydrogen (secondary N) is 2. The highest BCUT2D eigenvalue weighted by Crippen LogP contribution is 2.31. The Morgan fingerprint density at radius 2 is 1.86 bits per heavy atom. The van der Waals surface area contributed by atoms with Crippen molar-refractivity contribution in [1.82, 2.24) is 20.1 Å². The van der Waals surface area contributed by atoms with E-state index in [9.17, 15) is 4.79 Å². The van der Waals surface area contributed by atoms with Gasteiger partial charge in [0.1, 0.15) is 11.5 Å². The summed E-state index contributed by atoms with van der Waals surface area (Å²) in [7, 11) is 0. The summed E-state index contributed by atoms with van der Waals surface area (Å²) in [6.07, 6.45) is 0.835. The van der Waals surface area contributed by atoms with Crippen molar-refractivity contribution >= 4 is 28.2 Å². The number of nitriles is 1. The minimum absolute atomic E-state index is 0.109. The SMILES string of the molecule is CCNCCCNc1nc(F)c(-c2nn(Cc3ccc(C#N)cc3)c(=O)c3ccccc23)cc1Cl. The highest BCUT2D eigenvalue weighted by Gasteiger charge is 2.19. The molecule has 0 radical (unpaired) electrons. The zero-order valence-electron chi connectivity index (χ0n) is 19.2. The summed E-state index contributed by atoms with van der Waals surface area (Å²) in [5.41, 5.74) is 1.39. The predicted octanol–water partition coefficient (Wildman–Crippen LogP) is 4.58. The summed E-state index contributed by atoms with van der Waals surface area (Å²) < 4.78 is 16.5. The molecule has 4 aromatic rings. The van der Waals surface area contributed by atoms with Gasteiger partial charge in [-0.3, -0.25) is 4.79 Å². The van der Waals surface area contributed by atoms with Gasteiger partial charge in [0.05, 0.1) is 34.1 Å². The van der Waals surface area contributed by atoms with Crippen LogP contribution in [0.1, 0.15) is 24.5 Å². The molecule has 0 saturated carbocycles. The number of pyridine rings is 1. The Hall–Kier alpha value is -3.80.